The van der Waals surface area contributed by atoms with E-state index in [0.717, 1.165) is 24.0 Å². The lowest BCUT2D eigenvalue weighted by Gasteiger charge is -2.11. The number of benzene rings is 2. The van der Waals surface area contributed by atoms with Crippen molar-refractivity contribution in [2.75, 3.05) is 12.8 Å². The number of rotatable bonds is 6. The van der Waals surface area contributed by atoms with E-state index >= 15 is 0 Å². The number of halogens is 2. The molecule has 0 saturated carbocycles. The number of nitrogens with one attached hydrogen (secondary N) is 1. The van der Waals surface area contributed by atoms with Gasteiger partial charge in [-0.25, -0.2) is 26.9 Å². The third-order valence-electron chi connectivity index (χ3n) is 3.79. The summed E-state index contributed by atoms with van der Waals surface area (Å²) in [5.74, 6) is -1.89. The fraction of sp³-hybridized carbons (Fsp3) is 0.167. The highest BCUT2D eigenvalue weighted by Gasteiger charge is 2.16. The molecule has 0 amide bonds. The van der Waals surface area contributed by atoms with Gasteiger partial charge in [-0.3, -0.25) is 0 Å². The Bertz CT molecular complexity index is 1020. The highest BCUT2D eigenvalue weighted by Crippen LogP contribution is 2.31. The first kappa shape index (κ1) is 18.2. The van der Waals surface area contributed by atoms with Gasteiger partial charge in [0.05, 0.1) is 24.0 Å². The second-order valence-corrected chi connectivity index (χ2v) is 7.63. The van der Waals surface area contributed by atoms with Crippen molar-refractivity contribution in [2.45, 2.75) is 6.54 Å². The van der Waals surface area contributed by atoms with Crippen molar-refractivity contribution in [2.24, 2.45) is 0 Å². The highest BCUT2D eigenvalue weighted by atomic mass is 32.2. The monoisotopic (exact) mass is 377 g/mol. The summed E-state index contributed by atoms with van der Waals surface area (Å²) in [6, 6.07) is 13.0. The van der Waals surface area contributed by atoms with Crippen LogP contribution in [0.15, 0.2) is 54.9 Å². The molecule has 0 saturated heterocycles. The molecule has 0 bridgehead atoms. The minimum absolute atomic E-state index is 0.153. The highest BCUT2D eigenvalue weighted by molar-refractivity contribution is 7.88. The molecule has 0 spiro atoms. The second kappa shape index (κ2) is 7.35. The van der Waals surface area contributed by atoms with Gasteiger partial charge in [-0.2, -0.15) is 0 Å². The lowest BCUT2D eigenvalue weighted by atomic mass is 10.0. The molecule has 26 heavy (non-hydrogen) atoms. The van der Waals surface area contributed by atoms with Crippen LogP contribution in [0.25, 0.3) is 22.5 Å². The van der Waals surface area contributed by atoms with Crippen LogP contribution in [0.5, 0.6) is 0 Å². The SMILES string of the molecule is CS(=O)(=O)NCCn1cnc(-c2ccccc2)c1-c1ccc(F)c(F)c1. The predicted octanol–water partition coefficient (Wildman–Crippen LogP) is 3.04. The molecule has 1 N–H and O–H groups in total. The van der Waals surface area contributed by atoms with Crippen molar-refractivity contribution in [1.29, 1.82) is 0 Å². The number of aromatic nitrogens is 2. The molecular formula is C18H17F2N3O2S. The minimum atomic E-state index is -3.32. The molecule has 1 heterocycles. The molecule has 0 aliphatic carbocycles. The van der Waals surface area contributed by atoms with Crippen molar-refractivity contribution in [3.63, 3.8) is 0 Å². The number of nitrogens with zero attached hydrogens (tertiary/aromatic N) is 2. The molecule has 3 aromatic rings. The Balaban J connectivity index is 2.05. The van der Waals surface area contributed by atoms with Crippen LogP contribution in [-0.4, -0.2) is 30.8 Å². The second-order valence-electron chi connectivity index (χ2n) is 5.80. The largest absolute Gasteiger partial charge is 0.329 e. The van der Waals surface area contributed by atoms with Gasteiger partial charge < -0.3 is 4.57 Å². The zero-order valence-corrected chi connectivity index (χ0v) is 14.8. The lowest BCUT2D eigenvalue weighted by Crippen LogP contribution is -2.26. The Morgan fingerprint density at radius 2 is 1.77 bits per heavy atom. The molecule has 0 aliphatic rings. The fourth-order valence-corrected chi connectivity index (χ4v) is 3.12. The van der Waals surface area contributed by atoms with Gasteiger partial charge >= 0.3 is 0 Å². The van der Waals surface area contributed by atoms with Crippen LogP contribution in [0.1, 0.15) is 0 Å². The summed E-state index contributed by atoms with van der Waals surface area (Å²) in [5, 5.41) is 0. The van der Waals surface area contributed by atoms with Crippen molar-refractivity contribution < 1.29 is 17.2 Å². The smallest absolute Gasteiger partial charge is 0.208 e. The van der Waals surface area contributed by atoms with Crippen molar-refractivity contribution >= 4 is 10.0 Å². The molecule has 3 rings (SSSR count). The first-order chi connectivity index (χ1) is 12.3. The van der Waals surface area contributed by atoms with Crippen LogP contribution in [0.4, 0.5) is 8.78 Å². The summed E-state index contributed by atoms with van der Waals surface area (Å²) < 4.78 is 53.7. The molecule has 136 valence electrons. The summed E-state index contributed by atoms with van der Waals surface area (Å²) in [7, 11) is -3.32. The number of sulfonamides is 1. The Morgan fingerprint density at radius 3 is 2.42 bits per heavy atom. The van der Waals surface area contributed by atoms with Gasteiger partial charge in [0.15, 0.2) is 11.6 Å². The minimum Gasteiger partial charge on any atom is -0.329 e. The average molecular weight is 377 g/mol. The van der Waals surface area contributed by atoms with Gasteiger partial charge in [-0.05, 0) is 18.2 Å². The topological polar surface area (TPSA) is 64.0 Å². The number of hydrogen-bond acceptors (Lipinski definition) is 3. The van der Waals surface area contributed by atoms with Gasteiger partial charge in [-0.1, -0.05) is 30.3 Å². The van der Waals surface area contributed by atoms with E-state index in [-0.39, 0.29) is 6.54 Å². The molecular weight excluding hydrogens is 360 g/mol. The Labute approximate surface area is 150 Å². The van der Waals surface area contributed by atoms with E-state index in [2.05, 4.69) is 9.71 Å². The Kier molecular flexibility index (Phi) is 5.15. The third kappa shape index (κ3) is 4.14. The van der Waals surface area contributed by atoms with E-state index in [1.807, 2.05) is 30.3 Å². The molecule has 0 unspecified atom stereocenters. The number of hydrogen-bond donors (Lipinski definition) is 1. The van der Waals surface area contributed by atoms with Crippen LogP contribution >= 0.6 is 0 Å². The molecule has 1 aromatic heterocycles. The summed E-state index contributed by atoms with van der Waals surface area (Å²) in [5.41, 5.74) is 2.48. The molecule has 0 aliphatic heterocycles. The normalized spacial score (nSPS) is 11.7. The van der Waals surface area contributed by atoms with Crippen molar-refractivity contribution in [1.82, 2.24) is 14.3 Å². The summed E-state index contributed by atoms with van der Waals surface area (Å²) in [6.07, 6.45) is 2.63. The lowest BCUT2D eigenvalue weighted by molar-refractivity contribution is 0.509. The molecule has 0 radical (unpaired) electrons. The molecule has 0 atom stereocenters. The van der Waals surface area contributed by atoms with Gasteiger partial charge in [-0.15, -0.1) is 0 Å². The van der Waals surface area contributed by atoms with E-state index < -0.39 is 21.7 Å². The molecule has 5 nitrogen and oxygen atoms in total. The zero-order chi connectivity index (χ0) is 18.7. The average Bonchev–Trinajstić information content (AvgIpc) is 3.01. The van der Waals surface area contributed by atoms with E-state index in [1.165, 1.54) is 6.07 Å². The van der Waals surface area contributed by atoms with Gasteiger partial charge in [0.25, 0.3) is 0 Å². The standard InChI is InChI=1S/C18H17F2N3O2S/c1-26(24,25)22-9-10-23-12-21-17(13-5-3-2-4-6-13)18(23)14-7-8-15(19)16(20)11-14/h2-8,11-12,22H,9-10H2,1H3. The number of imidazole rings is 1. The van der Waals surface area contributed by atoms with Gasteiger partial charge in [0.2, 0.25) is 10.0 Å². The van der Waals surface area contributed by atoms with Crippen LogP contribution in [0, 0.1) is 11.6 Å². The quantitative estimate of drug-likeness (QED) is 0.718. The van der Waals surface area contributed by atoms with Crippen LogP contribution in [0.3, 0.4) is 0 Å². The van der Waals surface area contributed by atoms with Gasteiger partial charge in [0.1, 0.15) is 0 Å². The maximum atomic E-state index is 13.7. The van der Waals surface area contributed by atoms with Crippen molar-refractivity contribution in [3.05, 3.63) is 66.5 Å². The van der Waals surface area contributed by atoms with Crippen LogP contribution in [0.2, 0.25) is 0 Å². The summed E-state index contributed by atoms with van der Waals surface area (Å²) in [6.45, 7) is 0.446. The maximum Gasteiger partial charge on any atom is 0.208 e. The van der Waals surface area contributed by atoms with E-state index in [0.29, 0.717) is 23.5 Å². The van der Waals surface area contributed by atoms with Crippen molar-refractivity contribution in [3.8, 4) is 22.5 Å². The van der Waals surface area contributed by atoms with Gasteiger partial charge in [0, 0.05) is 24.2 Å². The maximum absolute atomic E-state index is 13.7. The van der Waals surface area contributed by atoms with Crippen LogP contribution < -0.4 is 4.72 Å². The third-order valence-corrected chi connectivity index (χ3v) is 4.52. The van der Waals surface area contributed by atoms with Crippen LogP contribution in [-0.2, 0) is 16.6 Å². The zero-order valence-electron chi connectivity index (χ0n) is 14.0. The van der Waals surface area contributed by atoms with E-state index in [4.69, 9.17) is 0 Å². The molecule has 8 heteroatoms. The summed E-state index contributed by atoms with van der Waals surface area (Å²) >= 11 is 0. The first-order valence-corrected chi connectivity index (χ1v) is 9.75. The summed E-state index contributed by atoms with van der Waals surface area (Å²) in [4.78, 5) is 4.40. The predicted molar refractivity (Wildman–Crippen MR) is 95.9 cm³/mol. The molecule has 2 aromatic carbocycles. The first-order valence-electron chi connectivity index (χ1n) is 7.86. The van der Waals surface area contributed by atoms with E-state index in [9.17, 15) is 17.2 Å². The van der Waals surface area contributed by atoms with E-state index in [1.54, 1.807) is 10.9 Å². The Hall–Kier alpha value is -2.58. The molecule has 0 fully saturated rings. The Morgan fingerprint density at radius 1 is 1.04 bits per heavy atom. The fourth-order valence-electron chi connectivity index (χ4n) is 2.66.